The van der Waals surface area contributed by atoms with Crippen LogP contribution >= 0.6 is 0 Å². The Morgan fingerprint density at radius 3 is 2.79 bits per heavy atom. The Kier molecular flexibility index (Phi) is 4.70. The van der Waals surface area contributed by atoms with Gasteiger partial charge in [-0.2, -0.15) is 0 Å². The van der Waals surface area contributed by atoms with Gasteiger partial charge in [0.15, 0.2) is 0 Å². The third-order valence-electron chi connectivity index (χ3n) is 2.30. The summed E-state index contributed by atoms with van der Waals surface area (Å²) in [5.74, 6) is 0.571. The number of nitrogens with one attached hydrogen (secondary N) is 1. The summed E-state index contributed by atoms with van der Waals surface area (Å²) in [5.41, 5.74) is 1.17. The molecule has 1 atom stereocenters. The van der Waals surface area contributed by atoms with Crippen LogP contribution in [0.1, 0.15) is 19.4 Å². The molecule has 3 nitrogen and oxygen atoms in total. The van der Waals surface area contributed by atoms with Crippen molar-refractivity contribution in [3.05, 3.63) is 24.2 Å². The molecule has 14 heavy (non-hydrogen) atoms. The molecule has 0 aliphatic rings. The lowest BCUT2D eigenvalue weighted by molar-refractivity contribution is 0.146. The van der Waals surface area contributed by atoms with Crippen molar-refractivity contribution in [2.45, 2.75) is 26.4 Å². The van der Waals surface area contributed by atoms with Gasteiger partial charge < -0.3 is 14.5 Å². The molecule has 3 heteroatoms. The summed E-state index contributed by atoms with van der Waals surface area (Å²) in [6.07, 6.45) is 3.45. The summed E-state index contributed by atoms with van der Waals surface area (Å²) >= 11 is 0. The number of furan rings is 1. The van der Waals surface area contributed by atoms with Gasteiger partial charge in [0.05, 0.1) is 19.1 Å². The molecule has 1 heterocycles. The van der Waals surface area contributed by atoms with Gasteiger partial charge in [-0.05, 0) is 12.0 Å². The average molecular weight is 197 g/mol. The van der Waals surface area contributed by atoms with Crippen LogP contribution in [0.5, 0.6) is 0 Å². The maximum atomic E-state index is 5.15. The van der Waals surface area contributed by atoms with E-state index in [9.17, 15) is 0 Å². The molecule has 0 radical (unpaired) electrons. The van der Waals surface area contributed by atoms with Crippen LogP contribution in [0.3, 0.4) is 0 Å². The Bertz CT molecular complexity index is 231. The fourth-order valence-corrected chi connectivity index (χ4v) is 1.31. The predicted octanol–water partition coefficient (Wildman–Crippen LogP) is 2.04. The van der Waals surface area contributed by atoms with E-state index in [2.05, 4.69) is 19.2 Å². The highest BCUT2D eigenvalue weighted by molar-refractivity contribution is 5.04. The van der Waals surface area contributed by atoms with Gasteiger partial charge in [0, 0.05) is 25.3 Å². The molecule has 0 aliphatic carbocycles. The average Bonchev–Trinajstić information content (AvgIpc) is 2.64. The van der Waals surface area contributed by atoms with E-state index in [-0.39, 0.29) is 0 Å². The molecule has 0 spiro atoms. The summed E-state index contributed by atoms with van der Waals surface area (Å²) in [4.78, 5) is 0. The van der Waals surface area contributed by atoms with Gasteiger partial charge in [0.25, 0.3) is 0 Å². The van der Waals surface area contributed by atoms with Crippen LogP contribution in [0.25, 0.3) is 0 Å². The van der Waals surface area contributed by atoms with Crippen molar-refractivity contribution in [3.8, 4) is 0 Å². The van der Waals surface area contributed by atoms with E-state index in [1.807, 2.05) is 6.07 Å². The van der Waals surface area contributed by atoms with Crippen LogP contribution in [0.4, 0.5) is 0 Å². The maximum Gasteiger partial charge on any atom is 0.0947 e. The molecule has 0 aromatic carbocycles. The number of methoxy groups -OCH3 is 1. The summed E-state index contributed by atoms with van der Waals surface area (Å²) < 4.78 is 10.1. The number of hydrogen-bond acceptors (Lipinski definition) is 3. The molecular formula is C11H19NO2. The highest BCUT2D eigenvalue weighted by atomic mass is 16.5. The summed E-state index contributed by atoms with van der Waals surface area (Å²) in [7, 11) is 1.73. The maximum absolute atomic E-state index is 5.15. The van der Waals surface area contributed by atoms with E-state index in [1.165, 1.54) is 5.56 Å². The third kappa shape index (κ3) is 3.52. The minimum atomic E-state index is 0.398. The predicted molar refractivity (Wildman–Crippen MR) is 56.0 cm³/mol. The monoisotopic (exact) mass is 197 g/mol. The summed E-state index contributed by atoms with van der Waals surface area (Å²) in [6.45, 7) is 5.95. The van der Waals surface area contributed by atoms with Crippen molar-refractivity contribution < 1.29 is 9.15 Å². The SMILES string of the molecule is COCC(NCc1ccoc1)C(C)C. The molecule has 80 valence electrons. The second-order valence-electron chi connectivity index (χ2n) is 3.82. The van der Waals surface area contributed by atoms with Crippen LogP contribution in [0, 0.1) is 5.92 Å². The van der Waals surface area contributed by atoms with Crippen molar-refractivity contribution in [2.75, 3.05) is 13.7 Å². The van der Waals surface area contributed by atoms with Gasteiger partial charge in [0.2, 0.25) is 0 Å². The Hall–Kier alpha value is -0.800. The van der Waals surface area contributed by atoms with Crippen molar-refractivity contribution in [3.63, 3.8) is 0 Å². The minimum Gasteiger partial charge on any atom is -0.472 e. The van der Waals surface area contributed by atoms with E-state index in [0.717, 1.165) is 13.2 Å². The fourth-order valence-electron chi connectivity index (χ4n) is 1.31. The fraction of sp³-hybridized carbons (Fsp3) is 0.636. The lowest BCUT2D eigenvalue weighted by Gasteiger charge is -2.21. The van der Waals surface area contributed by atoms with Crippen LogP contribution in [0.2, 0.25) is 0 Å². The van der Waals surface area contributed by atoms with Crippen LogP contribution < -0.4 is 5.32 Å². The first-order chi connectivity index (χ1) is 6.74. The normalized spacial score (nSPS) is 13.4. The molecule has 0 fully saturated rings. The first kappa shape index (κ1) is 11.3. The molecule has 1 unspecified atom stereocenters. The zero-order valence-electron chi connectivity index (χ0n) is 9.12. The molecule has 0 bridgehead atoms. The minimum absolute atomic E-state index is 0.398. The summed E-state index contributed by atoms with van der Waals surface area (Å²) in [6, 6.07) is 2.37. The van der Waals surface area contributed by atoms with E-state index >= 15 is 0 Å². The zero-order valence-corrected chi connectivity index (χ0v) is 9.12. The van der Waals surface area contributed by atoms with Crippen molar-refractivity contribution in [1.29, 1.82) is 0 Å². The quantitative estimate of drug-likeness (QED) is 0.757. The largest absolute Gasteiger partial charge is 0.472 e. The third-order valence-corrected chi connectivity index (χ3v) is 2.30. The Morgan fingerprint density at radius 1 is 1.50 bits per heavy atom. The Labute approximate surface area is 85.4 Å². The van der Waals surface area contributed by atoms with Crippen molar-refractivity contribution >= 4 is 0 Å². The van der Waals surface area contributed by atoms with E-state index in [4.69, 9.17) is 9.15 Å². The van der Waals surface area contributed by atoms with Gasteiger partial charge in [-0.25, -0.2) is 0 Å². The molecular weight excluding hydrogens is 178 g/mol. The van der Waals surface area contributed by atoms with Gasteiger partial charge in [-0.3, -0.25) is 0 Å². The molecule has 1 aromatic heterocycles. The molecule has 1 rings (SSSR count). The lowest BCUT2D eigenvalue weighted by atomic mass is 10.1. The van der Waals surface area contributed by atoms with E-state index in [0.29, 0.717) is 12.0 Å². The lowest BCUT2D eigenvalue weighted by Crippen LogP contribution is -2.37. The zero-order chi connectivity index (χ0) is 10.4. The highest BCUT2D eigenvalue weighted by Crippen LogP contribution is 2.05. The van der Waals surface area contributed by atoms with Crippen molar-refractivity contribution in [1.82, 2.24) is 5.32 Å². The molecule has 1 aromatic rings. The highest BCUT2D eigenvalue weighted by Gasteiger charge is 2.11. The van der Waals surface area contributed by atoms with Crippen LogP contribution in [0.15, 0.2) is 23.0 Å². The molecule has 0 saturated carbocycles. The molecule has 0 aliphatic heterocycles. The second-order valence-corrected chi connectivity index (χ2v) is 3.82. The number of hydrogen-bond donors (Lipinski definition) is 1. The Balaban J connectivity index is 2.33. The van der Waals surface area contributed by atoms with E-state index < -0.39 is 0 Å². The Morgan fingerprint density at radius 2 is 2.29 bits per heavy atom. The first-order valence-electron chi connectivity index (χ1n) is 4.97. The van der Waals surface area contributed by atoms with Crippen molar-refractivity contribution in [2.24, 2.45) is 5.92 Å². The second kappa shape index (κ2) is 5.83. The number of rotatable bonds is 6. The topological polar surface area (TPSA) is 34.4 Å². The van der Waals surface area contributed by atoms with E-state index in [1.54, 1.807) is 19.6 Å². The standard InChI is InChI=1S/C11H19NO2/c1-9(2)11(8-13-3)12-6-10-4-5-14-7-10/h4-5,7,9,11-12H,6,8H2,1-3H3. The van der Waals surface area contributed by atoms with Crippen LogP contribution in [-0.4, -0.2) is 19.8 Å². The molecule has 0 saturated heterocycles. The molecule has 0 amide bonds. The summed E-state index contributed by atoms with van der Waals surface area (Å²) in [5, 5.41) is 3.44. The van der Waals surface area contributed by atoms with Gasteiger partial charge in [-0.1, -0.05) is 13.8 Å². The first-order valence-corrected chi connectivity index (χ1v) is 4.97. The van der Waals surface area contributed by atoms with Gasteiger partial charge in [0.1, 0.15) is 0 Å². The molecule has 1 N–H and O–H groups in total. The van der Waals surface area contributed by atoms with Gasteiger partial charge >= 0.3 is 0 Å². The number of ether oxygens (including phenoxy) is 1. The van der Waals surface area contributed by atoms with Crippen LogP contribution in [-0.2, 0) is 11.3 Å². The van der Waals surface area contributed by atoms with Gasteiger partial charge in [-0.15, -0.1) is 0 Å². The smallest absolute Gasteiger partial charge is 0.0947 e.